The molecule has 2 aromatic carbocycles. The molecule has 16 rings (SSSR count). The number of carboxylic acids is 1. The molecular formula is C96H102BCl10F3IN22O15-. The van der Waals surface area contributed by atoms with Crippen LogP contribution in [0.25, 0.3) is 51.1 Å². The van der Waals surface area contributed by atoms with Crippen LogP contribution in [0.3, 0.4) is 0 Å². The zero-order chi connectivity index (χ0) is 107. The van der Waals surface area contributed by atoms with Gasteiger partial charge in [0.25, 0.3) is 5.91 Å². The number of aliphatic imine (C=N–C) groups is 1. The quantitative estimate of drug-likeness (QED) is 0.00687. The number of hydrazine groups is 1. The van der Waals surface area contributed by atoms with E-state index in [0.717, 1.165) is 95.5 Å². The lowest BCUT2D eigenvalue weighted by molar-refractivity contribution is -0.137. The summed E-state index contributed by atoms with van der Waals surface area (Å²) in [6.07, 6.45) is 16.3. The number of amides is 5. The molecule has 0 saturated carbocycles. The fourth-order valence-electron chi connectivity index (χ4n) is 12.8. The van der Waals surface area contributed by atoms with Gasteiger partial charge in [-0.2, -0.15) is 18.2 Å². The summed E-state index contributed by atoms with van der Waals surface area (Å²) in [5.41, 5.74) is 11.0. The number of nitrogen functional groups attached to an aromatic ring is 1. The first kappa shape index (κ1) is 123. The van der Waals surface area contributed by atoms with Crippen LogP contribution in [0.5, 0.6) is 0 Å². The second-order valence-electron chi connectivity index (χ2n) is 34.9. The molecule has 0 aliphatic carbocycles. The number of carboxylic acid groups (broad SMARTS) is 1. The van der Waals surface area contributed by atoms with Crippen molar-refractivity contribution in [3.8, 4) is 34.4 Å². The Morgan fingerprint density at radius 2 is 0.932 bits per heavy atom. The zero-order valence-corrected chi connectivity index (χ0v) is 91.9. The molecule has 9 aromatic heterocycles. The Labute approximate surface area is 918 Å². The van der Waals surface area contributed by atoms with Gasteiger partial charge in [0, 0.05) is 116 Å². The lowest BCUT2D eigenvalue weighted by Gasteiger charge is -2.32. The average Bonchev–Trinajstić information content (AvgIpc) is 1.62. The van der Waals surface area contributed by atoms with Gasteiger partial charge in [-0.25, -0.2) is 44.8 Å². The number of rotatable bonds is 12. The molecule has 14 heterocycles. The third-order valence-electron chi connectivity index (χ3n) is 20.8. The molecule has 37 nitrogen and oxygen atoms in total. The van der Waals surface area contributed by atoms with Gasteiger partial charge in [-0.15, -0.1) is 43.0 Å². The van der Waals surface area contributed by atoms with Crippen LogP contribution < -0.4 is 45.9 Å². The van der Waals surface area contributed by atoms with E-state index in [1.807, 2.05) is 130 Å². The minimum absolute atomic E-state index is 0. The highest BCUT2D eigenvalue weighted by Gasteiger charge is 2.53. The summed E-state index contributed by atoms with van der Waals surface area (Å²) in [5.74, 6) is 5.82. The molecule has 52 heteroatoms. The number of nitrogens with two attached hydrogens (primary N) is 1. The Bertz CT molecular complexity index is 6690. The number of anilines is 1. The molecule has 1 fully saturated rings. The van der Waals surface area contributed by atoms with Crippen LogP contribution in [0.4, 0.5) is 38.9 Å². The number of nitrogens with one attached hydrogen (secondary N) is 5. The number of pyridine rings is 6. The largest absolute Gasteiger partial charge is 1.00 e. The molecule has 0 radical (unpaired) electrons. The molecule has 8 N–H and O–H groups in total. The van der Waals surface area contributed by atoms with Gasteiger partial charge in [-0.05, 0) is 203 Å². The van der Waals surface area contributed by atoms with Gasteiger partial charge in [0.1, 0.15) is 26.7 Å². The topological polar surface area (TPSA) is 495 Å². The Morgan fingerprint density at radius 1 is 0.534 bits per heavy atom. The molecule has 5 aliphatic heterocycles. The number of carbonyl (C=O) groups excluding carboxylic acids is 5. The van der Waals surface area contributed by atoms with Crippen molar-refractivity contribution in [1.82, 2.24) is 85.9 Å². The van der Waals surface area contributed by atoms with Gasteiger partial charge in [0.05, 0.1) is 103 Å². The highest BCUT2D eigenvalue weighted by atomic mass is 127. The minimum atomic E-state index is -4.36. The number of aryl methyl sites for hydroxylation is 4. The fraction of sp³-hybridized carbons (Fsp3) is 0.333. The van der Waals surface area contributed by atoms with E-state index in [1.54, 1.807) is 66.2 Å². The number of hydrogen-bond donors (Lipinski definition) is 7. The number of isocyanates is 1. The molecule has 5 amide bonds. The summed E-state index contributed by atoms with van der Waals surface area (Å²) in [4.78, 5) is 100. The molecular weight excluding hydrogens is 2250 g/mol. The van der Waals surface area contributed by atoms with Crippen molar-refractivity contribution in [3.05, 3.63) is 260 Å². The third kappa shape index (κ3) is 37.8. The number of aromatic carboxylic acids is 1. The predicted molar refractivity (Wildman–Crippen MR) is 558 cm³/mol. The van der Waals surface area contributed by atoms with Crippen molar-refractivity contribution in [2.24, 2.45) is 10.8 Å². The molecule has 0 atom stereocenters. The Kier molecular flexibility index (Phi) is 46.8. The number of benzene rings is 2. The summed E-state index contributed by atoms with van der Waals surface area (Å²) < 4.78 is 79.8. The van der Waals surface area contributed by atoms with Crippen molar-refractivity contribution in [2.45, 2.75) is 158 Å². The van der Waals surface area contributed by atoms with Crippen LogP contribution in [0.1, 0.15) is 174 Å². The van der Waals surface area contributed by atoms with E-state index in [-0.39, 0.29) is 132 Å². The number of ether oxygens (including phenoxy) is 3. The van der Waals surface area contributed by atoms with Gasteiger partial charge in [0.15, 0.2) is 5.90 Å². The number of hydrogen-bond acceptors (Lipinski definition) is 31. The maximum Gasteiger partial charge on any atom is 0.490 e. The summed E-state index contributed by atoms with van der Waals surface area (Å²) in [5, 5.41) is 55.1. The lowest BCUT2D eigenvalue weighted by Crippen LogP contribution is -3.00. The second-order valence-corrected chi connectivity index (χ2v) is 38.4. The molecule has 11 aromatic rings. The molecule has 1 saturated heterocycles. The van der Waals surface area contributed by atoms with E-state index in [4.69, 9.17) is 163 Å². The van der Waals surface area contributed by atoms with Crippen molar-refractivity contribution in [3.63, 3.8) is 0 Å². The maximum atomic E-state index is 12.5. The van der Waals surface area contributed by atoms with Crippen molar-refractivity contribution in [1.29, 1.82) is 10.8 Å². The number of carbonyl (C=O) groups is 5. The van der Waals surface area contributed by atoms with Crippen LogP contribution in [0.2, 0.25) is 45.6 Å². The lowest BCUT2D eigenvalue weighted by atomic mass is 9.75. The molecule has 0 bridgehead atoms. The first-order valence-electron chi connectivity index (χ1n) is 44.2. The van der Waals surface area contributed by atoms with E-state index in [2.05, 4.69) is 82.2 Å². The van der Waals surface area contributed by atoms with Crippen molar-refractivity contribution >= 4 is 200 Å². The zero-order valence-electron chi connectivity index (χ0n) is 82.1. The van der Waals surface area contributed by atoms with E-state index in [1.165, 1.54) is 49.2 Å². The third-order valence-corrected chi connectivity index (χ3v) is 23.8. The van der Waals surface area contributed by atoms with E-state index in [0.29, 0.717) is 131 Å². The van der Waals surface area contributed by atoms with Gasteiger partial charge in [-0.3, -0.25) is 36.0 Å². The molecule has 5 aliphatic rings. The summed E-state index contributed by atoms with van der Waals surface area (Å²) >= 11 is 52.5. The Hall–Kier alpha value is -11.7. The average molecular weight is 2350 g/mol. The number of aromatic nitrogens is 12. The monoisotopic (exact) mass is 2350 g/mol. The number of urea groups is 1. The molecule has 148 heavy (non-hydrogen) atoms. The van der Waals surface area contributed by atoms with Crippen LogP contribution in [-0.2, 0) is 34.5 Å². The minimum Gasteiger partial charge on any atom is -1.00 e. The molecule has 0 unspecified atom stereocenters. The smallest absolute Gasteiger partial charge is 0.490 e. The summed E-state index contributed by atoms with van der Waals surface area (Å²) in [6.45, 7) is 33.1. The van der Waals surface area contributed by atoms with Gasteiger partial charge in [-0.1, -0.05) is 146 Å². The van der Waals surface area contributed by atoms with E-state index in [9.17, 15) is 41.9 Å². The second kappa shape index (κ2) is 56.3. The van der Waals surface area contributed by atoms with E-state index < -0.39 is 34.8 Å². The van der Waals surface area contributed by atoms with Crippen LogP contribution in [0.15, 0.2) is 170 Å². The number of halogens is 14. The predicted octanol–water partition coefficient (Wildman–Crippen LogP) is 20.4. The Balaban J connectivity index is 0.000000234. The normalized spacial score (nSPS) is 14.3. The summed E-state index contributed by atoms with van der Waals surface area (Å²) in [7, 11) is -0.314. The van der Waals surface area contributed by atoms with Crippen LogP contribution in [-0.4, -0.2) is 210 Å². The first-order valence-corrected chi connectivity index (χ1v) is 47.6. The first-order chi connectivity index (χ1) is 68.7. The molecule has 0 spiro atoms. The SMILES string of the molecule is CC(=N)OC(=N)c1cnc(Cl)c(Cl)c1.CC(C)(C)OC(=O)N1CC=C(B2OC(C)(C)C(C)(C)O2)CC1.Cc1ccc(NC(=O)N2CC=C(c3ncc(-c4nnc(C)o4)cc3Cl)CC2)cc1.Cc1nnc(-c2cnc(C3=CCN(C(=O)OC(C)(C)C)CC3)c(Cl)c2)o1.Cc1nnc(-c2cnc(C3=CCNCC3)c(Cl)c2)o1.Cl.NNC(=O)c1cnc(Cl)c(Cl)c1.O=C(O)c1cnc(Cl)c(Cl)c1.O=C=Nc1ccc(C(F)(F)F)cc1.[I-]. The van der Waals surface area contributed by atoms with Gasteiger partial charge < -0.3 is 91.2 Å². The summed E-state index contributed by atoms with van der Waals surface area (Å²) in [6, 6.07) is 21.0. The number of alkyl halides is 3. The maximum absolute atomic E-state index is 12.5. The Morgan fingerprint density at radius 3 is 1.28 bits per heavy atom. The van der Waals surface area contributed by atoms with Crippen LogP contribution in [0, 0.1) is 38.5 Å². The standard InChI is InChI=1S/C21H20ClN5O2.C18H21ClN4O3.C16H28BNO4.C13H13ClN4O.C8H7Cl2N3O.C8H4F3NO.C6H5Cl2N3O.C6H3Cl2NO2.ClH.HI/c1-13-3-5-17(6-4-13)24-21(28)27-9-7-15(8-10-27)19-18(22)11-16(12-23-19)20-26-25-14(2)29-20;1-11-21-22-16(25-11)13-9-14(19)15(20-10-13)12-5-7-23(8-6-12)17(24)26-18(2,3)4;1-14(2,3)20-13(19)18-10-8-12(9-11-18)17-21-15(4,5)16(6,7)22-17;1-8-17-18-13(19-8)10-6-11(14)12(16-7-10)9-2-4-15-5-3-9;1-4(11)14-8(12)5-2-6(9)7(10)13-3-5;9-8(10,11)6-1-3-7(4-2-6)12-5-13;7-4-1-3(6(12)11-9)2-10-5(4)8;7-4-1-3(6(10)11)2-9-5(4)8;;/h3-7,11-12H,8-10H2,1-2H3,(H,24,28);5,9-10H,6-8H2,1-4H3;8H,9-11H2,1-7H3;2,6-7,15H,3-5H2,1H3;2-3,11-12H,1H3;1-4H;1-2H,9H2,(H,11,12);1-2H,(H,10,11);2*1H/p-1. The van der Waals surface area contributed by atoms with Gasteiger partial charge >= 0.3 is 37.5 Å². The fourth-order valence-corrected chi connectivity index (χ4v) is 14.5. The van der Waals surface area contributed by atoms with Gasteiger partial charge in [0.2, 0.25) is 47.3 Å². The van der Waals surface area contributed by atoms with Crippen LogP contribution >= 0.6 is 117 Å². The highest BCUT2D eigenvalue weighted by molar-refractivity contribution is 6.54. The van der Waals surface area contributed by atoms with Crippen molar-refractivity contribution in [2.75, 3.05) is 57.7 Å². The number of nitrogens with zero attached hydrogens (tertiary/aromatic N) is 16. The highest BCUT2D eigenvalue weighted by Crippen LogP contribution is 2.41. The molecule has 788 valence electrons. The van der Waals surface area contributed by atoms with E-state index >= 15 is 0 Å². The van der Waals surface area contributed by atoms with Crippen molar-refractivity contribution < 1.29 is 108 Å².